The van der Waals surface area contributed by atoms with E-state index in [1.165, 1.54) is 0 Å². The lowest BCUT2D eigenvalue weighted by molar-refractivity contribution is 0.0504. The lowest BCUT2D eigenvalue weighted by Crippen LogP contribution is -2.45. The number of hydrogen-bond acceptors (Lipinski definition) is 5. The lowest BCUT2D eigenvalue weighted by Gasteiger charge is -2.25. The number of benzene rings is 1. The van der Waals surface area contributed by atoms with Crippen molar-refractivity contribution < 1.29 is 9.53 Å². The quantitative estimate of drug-likeness (QED) is 0.622. The summed E-state index contributed by atoms with van der Waals surface area (Å²) in [4.78, 5) is 16.5. The molecule has 0 fully saturated rings. The molecule has 0 bridgehead atoms. The second-order valence-electron chi connectivity index (χ2n) is 6.50. The number of alkyl carbamates (subject to hydrolysis) is 1. The third kappa shape index (κ3) is 7.37. The van der Waals surface area contributed by atoms with Crippen molar-refractivity contribution >= 4 is 36.0 Å². The molecule has 1 amide bonds. The zero-order valence-corrected chi connectivity index (χ0v) is 16.8. The minimum atomic E-state index is -0.520. The summed E-state index contributed by atoms with van der Waals surface area (Å²) in [6.07, 6.45) is 0.621. The summed E-state index contributed by atoms with van der Waals surface area (Å²) >= 11 is 0. The second-order valence-corrected chi connectivity index (χ2v) is 6.50. The van der Waals surface area contributed by atoms with Gasteiger partial charge in [-0.2, -0.15) is 0 Å². The fraction of sp³-hybridized carbons (Fsp3) is 0.529. The Morgan fingerprint density at radius 1 is 1.33 bits per heavy atom. The molecule has 24 heavy (non-hydrogen) atoms. The van der Waals surface area contributed by atoms with E-state index in [1.807, 2.05) is 51.1 Å². The minimum absolute atomic E-state index is 0. The molecule has 7 heteroatoms. The van der Waals surface area contributed by atoms with Gasteiger partial charge in [-0.3, -0.25) is 4.99 Å². The Labute approximate surface area is 160 Å². The van der Waals surface area contributed by atoms with Gasteiger partial charge in [-0.1, -0.05) is 30.3 Å². The fourth-order valence-corrected chi connectivity index (χ4v) is 2.24. The van der Waals surface area contributed by atoms with Gasteiger partial charge in [0, 0.05) is 19.6 Å². The predicted molar refractivity (Wildman–Crippen MR) is 107 cm³/mol. The van der Waals surface area contributed by atoms with Gasteiger partial charge in [0.1, 0.15) is 5.60 Å². The number of guanidine groups is 1. The van der Waals surface area contributed by atoms with Crippen LogP contribution in [0.4, 0.5) is 4.79 Å². The molecule has 1 heterocycles. The van der Waals surface area contributed by atoms with Crippen LogP contribution in [0.2, 0.25) is 0 Å². The number of rotatable bonds is 4. The summed E-state index contributed by atoms with van der Waals surface area (Å²) < 4.78 is 5.36. The number of ether oxygens (including phenoxy) is 1. The average Bonchev–Trinajstić information content (AvgIpc) is 2.51. The molecule has 0 saturated heterocycles. The molecule has 1 aromatic carbocycles. The van der Waals surface area contributed by atoms with Crippen LogP contribution >= 0.6 is 24.0 Å². The Kier molecular flexibility index (Phi) is 8.30. The molecule has 0 aliphatic carbocycles. The molecule has 134 valence electrons. The van der Waals surface area contributed by atoms with E-state index in [0.29, 0.717) is 6.54 Å². The maximum absolute atomic E-state index is 12.1. The normalized spacial score (nSPS) is 15.2. The fourth-order valence-electron chi connectivity index (χ4n) is 2.24. The molecular formula is C17H27IN4O2. The number of halogens is 1. The Balaban J connectivity index is 0.00000288. The van der Waals surface area contributed by atoms with E-state index in [0.717, 1.165) is 31.0 Å². The molecule has 1 atom stereocenters. The molecule has 2 rings (SSSR count). The third-order valence-electron chi connectivity index (χ3n) is 3.26. The predicted octanol–water partition coefficient (Wildman–Crippen LogP) is 2.81. The van der Waals surface area contributed by atoms with Crippen molar-refractivity contribution in [2.24, 2.45) is 4.99 Å². The first-order valence-electron chi connectivity index (χ1n) is 8.01. The van der Waals surface area contributed by atoms with Gasteiger partial charge < -0.3 is 20.7 Å². The van der Waals surface area contributed by atoms with Crippen LogP contribution < -0.4 is 16.0 Å². The SMILES string of the molecule is CC(C)(C)OC(=O)NC(CNC1=NCCCN1)c1ccccc1.I. The van der Waals surface area contributed by atoms with Gasteiger partial charge in [0.25, 0.3) is 0 Å². The van der Waals surface area contributed by atoms with Crippen LogP contribution in [-0.2, 0) is 4.74 Å². The second kappa shape index (κ2) is 9.71. The molecule has 6 nitrogen and oxygen atoms in total. The van der Waals surface area contributed by atoms with E-state index >= 15 is 0 Å². The largest absolute Gasteiger partial charge is 0.444 e. The highest BCUT2D eigenvalue weighted by molar-refractivity contribution is 14.0. The first-order chi connectivity index (χ1) is 10.9. The smallest absolute Gasteiger partial charge is 0.408 e. The maximum Gasteiger partial charge on any atom is 0.408 e. The van der Waals surface area contributed by atoms with Gasteiger partial charge in [-0.05, 0) is 32.8 Å². The number of carbonyl (C=O) groups excluding carboxylic acids is 1. The summed E-state index contributed by atoms with van der Waals surface area (Å²) in [5.41, 5.74) is 0.496. The summed E-state index contributed by atoms with van der Waals surface area (Å²) in [5, 5.41) is 9.39. The van der Waals surface area contributed by atoms with Crippen molar-refractivity contribution in [3.8, 4) is 0 Å². The highest BCUT2D eigenvalue weighted by Crippen LogP contribution is 2.14. The van der Waals surface area contributed by atoms with Crippen LogP contribution in [0.1, 0.15) is 38.8 Å². The van der Waals surface area contributed by atoms with Gasteiger partial charge >= 0.3 is 6.09 Å². The minimum Gasteiger partial charge on any atom is -0.444 e. The molecule has 0 saturated carbocycles. The molecule has 1 aromatic rings. The van der Waals surface area contributed by atoms with Crippen molar-refractivity contribution in [2.45, 2.75) is 38.8 Å². The standard InChI is InChI=1S/C17H26N4O2.HI/c1-17(2,3)23-16(22)21-14(13-8-5-4-6-9-13)12-20-15-18-10-7-11-19-15;/h4-6,8-9,14H,7,10-12H2,1-3H3,(H,21,22)(H2,18,19,20);1H. The number of nitrogens with one attached hydrogen (secondary N) is 3. The number of amides is 1. The zero-order valence-electron chi connectivity index (χ0n) is 14.5. The Morgan fingerprint density at radius 3 is 2.62 bits per heavy atom. The lowest BCUT2D eigenvalue weighted by atomic mass is 10.1. The molecular weight excluding hydrogens is 419 g/mol. The average molecular weight is 446 g/mol. The van der Waals surface area contributed by atoms with E-state index in [1.54, 1.807) is 0 Å². The molecule has 0 spiro atoms. The number of hydrogen-bond donors (Lipinski definition) is 3. The number of aliphatic imine (C=N–C) groups is 1. The Hall–Kier alpha value is -1.51. The third-order valence-corrected chi connectivity index (χ3v) is 3.26. The molecule has 0 aromatic heterocycles. The van der Waals surface area contributed by atoms with E-state index in [-0.39, 0.29) is 30.0 Å². The first-order valence-corrected chi connectivity index (χ1v) is 8.01. The van der Waals surface area contributed by atoms with Gasteiger partial charge in [-0.15, -0.1) is 24.0 Å². The number of nitrogens with zero attached hydrogens (tertiary/aromatic N) is 1. The van der Waals surface area contributed by atoms with Crippen LogP contribution in [0.3, 0.4) is 0 Å². The van der Waals surface area contributed by atoms with Crippen LogP contribution in [0.25, 0.3) is 0 Å². The van der Waals surface area contributed by atoms with Gasteiger partial charge in [0.05, 0.1) is 6.04 Å². The van der Waals surface area contributed by atoms with Crippen molar-refractivity contribution in [3.63, 3.8) is 0 Å². The van der Waals surface area contributed by atoms with Crippen molar-refractivity contribution in [3.05, 3.63) is 35.9 Å². The van der Waals surface area contributed by atoms with Gasteiger partial charge in [-0.25, -0.2) is 4.79 Å². The van der Waals surface area contributed by atoms with Crippen molar-refractivity contribution in [1.29, 1.82) is 0 Å². The molecule has 1 aliphatic heterocycles. The Bertz CT molecular complexity index is 543. The summed E-state index contributed by atoms with van der Waals surface area (Å²) in [7, 11) is 0. The van der Waals surface area contributed by atoms with Crippen LogP contribution in [-0.4, -0.2) is 37.3 Å². The van der Waals surface area contributed by atoms with Crippen LogP contribution in [0.15, 0.2) is 35.3 Å². The molecule has 3 N–H and O–H groups in total. The zero-order chi connectivity index (χ0) is 16.7. The van der Waals surface area contributed by atoms with E-state index < -0.39 is 11.7 Å². The van der Waals surface area contributed by atoms with E-state index in [9.17, 15) is 4.79 Å². The monoisotopic (exact) mass is 446 g/mol. The summed E-state index contributed by atoms with van der Waals surface area (Å²) in [5.74, 6) is 0.781. The highest BCUT2D eigenvalue weighted by Gasteiger charge is 2.21. The summed E-state index contributed by atoms with van der Waals surface area (Å²) in [6, 6.07) is 9.64. The van der Waals surface area contributed by atoms with Crippen molar-refractivity contribution in [2.75, 3.05) is 19.6 Å². The van der Waals surface area contributed by atoms with E-state index in [4.69, 9.17) is 4.74 Å². The van der Waals surface area contributed by atoms with Gasteiger partial charge in [0.2, 0.25) is 0 Å². The highest BCUT2D eigenvalue weighted by atomic mass is 127. The molecule has 1 unspecified atom stereocenters. The molecule has 0 radical (unpaired) electrons. The van der Waals surface area contributed by atoms with Gasteiger partial charge in [0.15, 0.2) is 5.96 Å². The number of carbonyl (C=O) groups is 1. The van der Waals surface area contributed by atoms with E-state index in [2.05, 4.69) is 20.9 Å². The van der Waals surface area contributed by atoms with Crippen molar-refractivity contribution in [1.82, 2.24) is 16.0 Å². The van der Waals surface area contributed by atoms with Crippen LogP contribution in [0, 0.1) is 0 Å². The topological polar surface area (TPSA) is 74.8 Å². The Morgan fingerprint density at radius 2 is 2.04 bits per heavy atom. The van der Waals surface area contributed by atoms with Crippen LogP contribution in [0.5, 0.6) is 0 Å². The maximum atomic E-state index is 12.1. The molecule has 1 aliphatic rings. The summed E-state index contributed by atoms with van der Waals surface area (Å²) in [6.45, 7) is 7.83. The first kappa shape index (κ1) is 20.5.